The number of piperazine rings is 1. The topological polar surface area (TPSA) is 66.6 Å². The Morgan fingerprint density at radius 3 is 2.31 bits per heavy atom. The minimum atomic E-state index is -3.01. The molecule has 1 saturated heterocycles. The van der Waals surface area contributed by atoms with E-state index in [-0.39, 0.29) is 0 Å². The number of hydrogen-bond acceptors (Lipinski definition) is 4. The quantitative estimate of drug-likeness (QED) is 0.701. The van der Waals surface area contributed by atoms with Gasteiger partial charge in [0.25, 0.3) is 0 Å². The molecule has 0 unspecified atom stereocenters. The van der Waals surface area contributed by atoms with E-state index in [0.29, 0.717) is 25.4 Å². The van der Waals surface area contributed by atoms with Gasteiger partial charge in [-0.25, -0.2) is 8.42 Å². The average molecular weight is 249 g/mol. The molecule has 0 radical (unpaired) electrons. The fraction of sp³-hybridized carbons (Fsp3) is 1.00. The van der Waals surface area contributed by atoms with Gasteiger partial charge in [-0.2, -0.15) is 4.31 Å². The minimum Gasteiger partial charge on any atom is -0.329 e. The van der Waals surface area contributed by atoms with Crippen LogP contribution in [0, 0.1) is 0 Å². The Hall–Kier alpha value is -0.170. The highest BCUT2D eigenvalue weighted by Crippen LogP contribution is 2.09. The maximum Gasteiger partial charge on any atom is 0.214 e. The lowest BCUT2D eigenvalue weighted by Crippen LogP contribution is -2.50. The normalized spacial score (nSPS) is 20.1. The van der Waals surface area contributed by atoms with Gasteiger partial charge in [0.1, 0.15) is 0 Å². The van der Waals surface area contributed by atoms with Crippen LogP contribution in [-0.4, -0.2) is 62.6 Å². The van der Waals surface area contributed by atoms with E-state index in [9.17, 15) is 8.42 Å². The van der Waals surface area contributed by atoms with E-state index in [0.717, 1.165) is 32.5 Å². The van der Waals surface area contributed by atoms with Gasteiger partial charge >= 0.3 is 0 Å². The molecule has 0 aromatic carbocycles. The Kier molecular flexibility index (Phi) is 5.68. The Labute approximate surface area is 98.6 Å². The van der Waals surface area contributed by atoms with E-state index in [4.69, 9.17) is 5.73 Å². The van der Waals surface area contributed by atoms with E-state index >= 15 is 0 Å². The molecule has 0 bridgehead atoms. The number of rotatable bonds is 6. The molecule has 0 aromatic heterocycles. The van der Waals surface area contributed by atoms with Crippen molar-refractivity contribution in [3.63, 3.8) is 0 Å². The van der Waals surface area contributed by atoms with Crippen LogP contribution in [0.5, 0.6) is 0 Å². The van der Waals surface area contributed by atoms with Crippen LogP contribution < -0.4 is 5.73 Å². The number of nitrogens with zero attached hydrogens (tertiary/aromatic N) is 2. The minimum absolute atomic E-state index is 0.292. The van der Waals surface area contributed by atoms with Crippen LogP contribution in [0.3, 0.4) is 0 Å². The van der Waals surface area contributed by atoms with Crippen molar-refractivity contribution in [2.75, 3.05) is 45.0 Å². The maximum atomic E-state index is 11.9. The first-order valence-corrected chi connectivity index (χ1v) is 7.61. The standard InChI is InChI=1S/C10H23N3O2S/c1-2-3-10-16(14,15)13-8-6-12(5-4-11)7-9-13/h2-11H2,1H3. The number of sulfonamides is 1. The van der Waals surface area contributed by atoms with Gasteiger partial charge in [0.05, 0.1) is 5.75 Å². The molecule has 0 amide bonds. The highest BCUT2D eigenvalue weighted by Gasteiger charge is 2.25. The number of unbranched alkanes of at least 4 members (excludes halogenated alkanes) is 1. The molecule has 96 valence electrons. The predicted octanol–water partition coefficient (Wildman–Crippen LogP) is -0.307. The summed E-state index contributed by atoms with van der Waals surface area (Å²) in [5.41, 5.74) is 5.47. The van der Waals surface area contributed by atoms with Crippen LogP contribution in [0.4, 0.5) is 0 Å². The zero-order valence-electron chi connectivity index (χ0n) is 10.1. The molecular formula is C10H23N3O2S. The van der Waals surface area contributed by atoms with E-state index < -0.39 is 10.0 Å². The zero-order valence-corrected chi connectivity index (χ0v) is 10.9. The molecule has 1 fully saturated rings. The predicted molar refractivity (Wildman–Crippen MR) is 65.8 cm³/mol. The molecule has 1 heterocycles. The van der Waals surface area contributed by atoms with Gasteiger partial charge in [0, 0.05) is 39.3 Å². The summed E-state index contributed by atoms with van der Waals surface area (Å²) in [6.07, 6.45) is 1.68. The lowest BCUT2D eigenvalue weighted by atomic mass is 10.3. The third-order valence-corrected chi connectivity index (χ3v) is 4.88. The lowest BCUT2D eigenvalue weighted by molar-refractivity contribution is 0.192. The highest BCUT2D eigenvalue weighted by molar-refractivity contribution is 7.89. The summed E-state index contributed by atoms with van der Waals surface area (Å²) in [6, 6.07) is 0. The molecular weight excluding hydrogens is 226 g/mol. The molecule has 0 atom stereocenters. The smallest absolute Gasteiger partial charge is 0.214 e. The molecule has 0 spiro atoms. The first-order valence-electron chi connectivity index (χ1n) is 6.00. The molecule has 16 heavy (non-hydrogen) atoms. The van der Waals surface area contributed by atoms with E-state index in [1.807, 2.05) is 6.92 Å². The second-order valence-corrected chi connectivity index (χ2v) is 6.29. The molecule has 0 aromatic rings. The van der Waals surface area contributed by atoms with Gasteiger partial charge in [-0.05, 0) is 6.42 Å². The Balaban J connectivity index is 2.40. The van der Waals surface area contributed by atoms with Crippen molar-refractivity contribution in [3.8, 4) is 0 Å². The molecule has 0 aliphatic carbocycles. The van der Waals surface area contributed by atoms with Gasteiger partial charge < -0.3 is 5.73 Å². The van der Waals surface area contributed by atoms with Crippen LogP contribution in [-0.2, 0) is 10.0 Å². The van der Waals surface area contributed by atoms with Crippen molar-refractivity contribution < 1.29 is 8.42 Å². The summed E-state index contributed by atoms with van der Waals surface area (Å²) < 4.78 is 25.4. The monoisotopic (exact) mass is 249 g/mol. The van der Waals surface area contributed by atoms with Crippen LogP contribution in [0.1, 0.15) is 19.8 Å². The molecule has 2 N–H and O–H groups in total. The largest absolute Gasteiger partial charge is 0.329 e. The molecule has 6 heteroatoms. The van der Waals surface area contributed by atoms with E-state index in [1.165, 1.54) is 0 Å². The third-order valence-electron chi connectivity index (χ3n) is 2.93. The van der Waals surface area contributed by atoms with Crippen LogP contribution in [0.25, 0.3) is 0 Å². The van der Waals surface area contributed by atoms with Crippen molar-refractivity contribution in [1.29, 1.82) is 0 Å². The van der Waals surface area contributed by atoms with Crippen molar-refractivity contribution in [3.05, 3.63) is 0 Å². The van der Waals surface area contributed by atoms with Gasteiger partial charge in [0.2, 0.25) is 10.0 Å². The summed E-state index contributed by atoms with van der Waals surface area (Å²) in [5, 5.41) is 0. The summed E-state index contributed by atoms with van der Waals surface area (Å²) in [7, 11) is -3.01. The summed E-state index contributed by atoms with van der Waals surface area (Å²) in [4.78, 5) is 2.21. The number of hydrogen-bond donors (Lipinski definition) is 1. The summed E-state index contributed by atoms with van der Waals surface area (Å²) in [6.45, 7) is 6.36. The highest BCUT2D eigenvalue weighted by atomic mass is 32.2. The fourth-order valence-corrected chi connectivity index (χ4v) is 3.50. The average Bonchev–Trinajstić information content (AvgIpc) is 2.28. The second kappa shape index (κ2) is 6.54. The SMILES string of the molecule is CCCCS(=O)(=O)N1CCN(CCN)CC1. The fourth-order valence-electron chi connectivity index (χ4n) is 1.87. The molecule has 0 saturated carbocycles. The molecule has 1 rings (SSSR count). The van der Waals surface area contributed by atoms with Gasteiger partial charge in [-0.15, -0.1) is 0 Å². The maximum absolute atomic E-state index is 11.9. The van der Waals surface area contributed by atoms with Crippen LogP contribution >= 0.6 is 0 Å². The van der Waals surface area contributed by atoms with Crippen molar-refractivity contribution in [2.45, 2.75) is 19.8 Å². The zero-order chi connectivity index (χ0) is 12.0. The van der Waals surface area contributed by atoms with E-state index in [2.05, 4.69) is 4.90 Å². The molecule has 1 aliphatic heterocycles. The summed E-state index contributed by atoms with van der Waals surface area (Å²) >= 11 is 0. The van der Waals surface area contributed by atoms with E-state index in [1.54, 1.807) is 4.31 Å². The number of nitrogens with two attached hydrogens (primary N) is 1. The van der Waals surface area contributed by atoms with Crippen LogP contribution in [0.2, 0.25) is 0 Å². The van der Waals surface area contributed by atoms with Crippen molar-refractivity contribution in [2.24, 2.45) is 5.73 Å². The Bertz CT molecular complexity index is 284. The second-order valence-electron chi connectivity index (χ2n) is 4.20. The van der Waals surface area contributed by atoms with Crippen molar-refractivity contribution in [1.82, 2.24) is 9.21 Å². The third kappa shape index (κ3) is 4.01. The molecule has 5 nitrogen and oxygen atoms in total. The van der Waals surface area contributed by atoms with Gasteiger partial charge in [-0.3, -0.25) is 4.90 Å². The first-order chi connectivity index (χ1) is 7.60. The Morgan fingerprint density at radius 2 is 1.81 bits per heavy atom. The Morgan fingerprint density at radius 1 is 1.19 bits per heavy atom. The lowest BCUT2D eigenvalue weighted by Gasteiger charge is -2.33. The van der Waals surface area contributed by atoms with Gasteiger partial charge in [0.15, 0.2) is 0 Å². The molecule has 1 aliphatic rings. The first kappa shape index (κ1) is 13.9. The van der Waals surface area contributed by atoms with Crippen LogP contribution in [0.15, 0.2) is 0 Å². The summed E-state index contributed by atoms with van der Waals surface area (Å²) in [5.74, 6) is 0.292. The van der Waals surface area contributed by atoms with Crippen molar-refractivity contribution >= 4 is 10.0 Å². The van der Waals surface area contributed by atoms with Gasteiger partial charge in [-0.1, -0.05) is 13.3 Å².